The Morgan fingerprint density at radius 1 is 1.32 bits per heavy atom. The first kappa shape index (κ1) is 23.4. The number of thioether (sulfide) groups is 2. The quantitative estimate of drug-likeness (QED) is 0.416. The Labute approximate surface area is 189 Å². The van der Waals surface area contributed by atoms with Crippen LogP contribution < -0.4 is 0 Å². The SMILES string of the molecule is CSCCC(C(=O)O)N1C(=O)/C(=C\c2ccc(-c3ccccc3C(F)(F)F)o2)SC1=S. The monoisotopic (exact) mass is 487 g/mol. The average Bonchev–Trinajstić information content (AvgIpc) is 3.27. The zero-order valence-corrected chi connectivity index (χ0v) is 18.5. The minimum absolute atomic E-state index is 0.00182. The lowest BCUT2D eigenvalue weighted by Crippen LogP contribution is -2.44. The van der Waals surface area contributed by atoms with E-state index in [9.17, 15) is 27.9 Å². The van der Waals surface area contributed by atoms with Gasteiger partial charge in [-0.3, -0.25) is 9.69 Å². The van der Waals surface area contributed by atoms with Gasteiger partial charge in [-0.15, -0.1) is 0 Å². The second kappa shape index (κ2) is 9.49. The normalized spacial score (nSPS) is 16.9. The molecule has 1 aromatic carbocycles. The van der Waals surface area contributed by atoms with Gasteiger partial charge in [0.25, 0.3) is 5.91 Å². The number of furan rings is 1. The predicted molar refractivity (Wildman–Crippen MR) is 119 cm³/mol. The van der Waals surface area contributed by atoms with Crippen molar-refractivity contribution < 1.29 is 32.3 Å². The van der Waals surface area contributed by atoms with Crippen molar-refractivity contribution in [2.24, 2.45) is 0 Å². The van der Waals surface area contributed by atoms with Crippen LogP contribution in [0, 0.1) is 0 Å². The zero-order chi connectivity index (χ0) is 22.8. The molecule has 11 heteroatoms. The van der Waals surface area contributed by atoms with Gasteiger partial charge in [0.2, 0.25) is 0 Å². The van der Waals surface area contributed by atoms with E-state index in [-0.39, 0.29) is 32.7 Å². The van der Waals surface area contributed by atoms with Crippen LogP contribution in [0.2, 0.25) is 0 Å². The van der Waals surface area contributed by atoms with Crippen molar-refractivity contribution in [3.8, 4) is 11.3 Å². The van der Waals surface area contributed by atoms with E-state index in [0.717, 1.165) is 22.7 Å². The van der Waals surface area contributed by atoms with Gasteiger partial charge in [0.05, 0.1) is 10.5 Å². The van der Waals surface area contributed by atoms with Crippen LogP contribution in [0.3, 0.4) is 0 Å². The van der Waals surface area contributed by atoms with Crippen LogP contribution in [-0.2, 0) is 15.8 Å². The number of thiocarbonyl (C=S) groups is 1. The molecule has 1 fully saturated rings. The molecular formula is C20H16F3NO4S3. The lowest BCUT2D eigenvalue weighted by molar-refractivity contribution is -0.145. The summed E-state index contributed by atoms with van der Waals surface area (Å²) >= 11 is 7.58. The number of carbonyl (C=O) groups is 2. The smallest absolute Gasteiger partial charge is 0.417 e. The number of halogens is 3. The second-order valence-corrected chi connectivity index (χ2v) is 9.09. The number of aliphatic carboxylic acids is 1. The fourth-order valence-corrected chi connectivity index (χ4v) is 4.79. The minimum atomic E-state index is -4.55. The molecule has 31 heavy (non-hydrogen) atoms. The number of rotatable bonds is 7. The maximum absolute atomic E-state index is 13.3. The highest BCUT2D eigenvalue weighted by molar-refractivity contribution is 8.26. The summed E-state index contributed by atoms with van der Waals surface area (Å²) in [6.07, 6.45) is -1.13. The van der Waals surface area contributed by atoms with E-state index in [4.69, 9.17) is 16.6 Å². The van der Waals surface area contributed by atoms with Crippen molar-refractivity contribution in [2.75, 3.05) is 12.0 Å². The summed E-state index contributed by atoms with van der Waals surface area (Å²) in [6, 6.07) is 6.76. The Bertz CT molecular complexity index is 1050. The van der Waals surface area contributed by atoms with E-state index in [1.807, 2.05) is 6.26 Å². The van der Waals surface area contributed by atoms with Crippen LogP contribution in [-0.4, -0.2) is 44.3 Å². The van der Waals surface area contributed by atoms with Crippen LogP contribution in [0.4, 0.5) is 13.2 Å². The second-order valence-electron chi connectivity index (χ2n) is 6.43. The van der Waals surface area contributed by atoms with Crippen molar-refractivity contribution in [1.82, 2.24) is 4.90 Å². The number of nitrogens with zero attached hydrogens (tertiary/aromatic N) is 1. The van der Waals surface area contributed by atoms with Crippen molar-refractivity contribution in [1.29, 1.82) is 0 Å². The molecule has 3 rings (SSSR count). The van der Waals surface area contributed by atoms with Crippen LogP contribution >= 0.6 is 35.7 Å². The molecule has 1 N–H and O–H groups in total. The molecule has 0 aliphatic carbocycles. The third-order valence-electron chi connectivity index (χ3n) is 4.41. The number of alkyl halides is 3. The Balaban J connectivity index is 1.88. The Morgan fingerprint density at radius 3 is 2.68 bits per heavy atom. The van der Waals surface area contributed by atoms with Crippen molar-refractivity contribution in [3.05, 3.63) is 52.6 Å². The van der Waals surface area contributed by atoms with Gasteiger partial charge in [-0.05, 0) is 36.6 Å². The van der Waals surface area contributed by atoms with E-state index in [2.05, 4.69) is 0 Å². The number of carboxylic acid groups (broad SMARTS) is 1. The summed E-state index contributed by atoms with van der Waals surface area (Å²) < 4.78 is 45.4. The Hall–Kier alpha value is -2.24. The molecule has 1 aliphatic rings. The summed E-state index contributed by atoms with van der Waals surface area (Å²) in [5.74, 6) is -1.04. The minimum Gasteiger partial charge on any atom is -0.480 e. The number of amides is 1. The molecule has 164 valence electrons. The standard InChI is InChI=1S/C20H16F3NO4S3/c1-30-9-8-14(18(26)27)24-17(25)16(31-19(24)29)10-11-6-7-15(28-11)12-4-2-3-5-13(12)20(21,22)23/h2-7,10,14H,8-9H2,1H3,(H,26,27)/b16-10+. The van der Waals surface area contributed by atoms with E-state index < -0.39 is 29.7 Å². The highest BCUT2D eigenvalue weighted by atomic mass is 32.2. The lowest BCUT2D eigenvalue weighted by Gasteiger charge is -2.22. The van der Waals surface area contributed by atoms with Crippen LogP contribution in [0.5, 0.6) is 0 Å². The summed E-state index contributed by atoms with van der Waals surface area (Å²) in [7, 11) is 0. The number of carbonyl (C=O) groups excluding carboxylic acids is 1. The Kier molecular flexibility index (Phi) is 7.17. The van der Waals surface area contributed by atoms with Gasteiger partial charge in [-0.1, -0.05) is 42.2 Å². The van der Waals surface area contributed by atoms with E-state index in [0.29, 0.717) is 5.75 Å². The molecule has 2 aromatic rings. The molecule has 2 heterocycles. The van der Waals surface area contributed by atoms with Crippen LogP contribution in [0.15, 0.2) is 45.7 Å². The molecule has 1 aromatic heterocycles. The van der Waals surface area contributed by atoms with Gasteiger partial charge in [-0.25, -0.2) is 4.79 Å². The summed E-state index contributed by atoms with van der Waals surface area (Å²) in [5, 5.41) is 9.49. The lowest BCUT2D eigenvalue weighted by atomic mass is 10.1. The highest BCUT2D eigenvalue weighted by Gasteiger charge is 2.40. The van der Waals surface area contributed by atoms with Gasteiger partial charge >= 0.3 is 12.1 Å². The van der Waals surface area contributed by atoms with Gasteiger partial charge in [0.15, 0.2) is 0 Å². The van der Waals surface area contributed by atoms with Gasteiger partial charge < -0.3 is 9.52 Å². The largest absolute Gasteiger partial charge is 0.480 e. The molecule has 0 saturated carbocycles. The van der Waals surface area contributed by atoms with Gasteiger partial charge in [-0.2, -0.15) is 24.9 Å². The summed E-state index contributed by atoms with van der Waals surface area (Å²) in [6.45, 7) is 0. The topological polar surface area (TPSA) is 70.8 Å². The van der Waals surface area contributed by atoms with Crippen molar-refractivity contribution in [2.45, 2.75) is 18.6 Å². The first-order valence-corrected chi connectivity index (χ1v) is 11.5. The number of benzene rings is 1. The molecule has 1 saturated heterocycles. The number of hydrogen-bond acceptors (Lipinski definition) is 6. The first-order chi connectivity index (χ1) is 14.6. The third kappa shape index (κ3) is 5.16. The number of carboxylic acids is 1. The molecule has 1 amide bonds. The maximum atomic E-state index is 13.3. The molecule has 1 aliphatic heterocycles. The molecule has 5 nitrogen and oxygen atoms in total. The van der Waals surface area contributed by atoms with Gasteiger partial charge in [0, 0.05) is 11.6 Å². The van der Waals surface area contributed by atoms with Crippen LogP contribution in [0.25, 0.3) is 17.4 Å². The third-order valence-corrected chi connectivity index (χ3v) is 6.39. The first-order valence-electron chi connectivity index (χ1n) is 8.88. The molecule has 0 radical (unpaired) electrons. The molecule has 1 unspecified atom stereocenters. The van der Waals surface area contributed by atoms with Crippen molar-refractivity contribution >= 4 is 58.0 Å². The average molecular weight is 488 g/mol. The van der Waals surface area contributed by atoms with Gasteiger partial charge in [0.1, 0.15) is 21.9 Å². The highest BCUT2D eigenvalue weighted by Crippen LogP contribution is 2.39. The summed E-state index contributed by atoms with van der Waals surface area (Å²) in [4.78, 5) is 25.6. The van der Waals surface area contributed by atoms with E-state index in [1.54, 1.807) is 0 Å². The fraction of sp³-hybridized carbons (Fsp3) is 0.250. The predicted octanol–water partition coefficient (Wildman–Crippen LogP) is 5.37. The number of hydrogen-bond donors (Lipinski definition) is 1. The Morgan fingerprint density at radius 2 is 2.03 bits per heavy atom. The fourth-order valence-electron chi connectivity index (χ4n) is 2.99. The molecule has 0 spiro atoms. The molecule has 1 atom stereocenters. The maximum Gasteiger partial charge on any atom is 0.417 e. The molecule has 0 bridgehead atoms. The van der Waals surface area contributed by atoms with Crippen LogP contribution in [0.1, 0.15) is 17.7 Å². The van der Waals surface area contributed by atoms with E-state index in [1.165, 1.54) is 48.2 Å². The van der Waals surface area contributed by atoms with E-state index >= 15 is 0 Å². The van der Waals surface area contributed by atoms with Crippen molar-refractivity contribution in [3.63, 3.8) is 0 Å². The molecular weight excluding hydrogens is 471 g/mol. The zero-order valence-electron chi connectivity index (χ0n) is 16.0. The summed E-state index contributed by atoms with van der Waals surface area (Å²) in [5.41, 5.74) is -0.953.